The molecule has 27 heavy (non-hydrogen) atoms. The molecule has 1 N–H and O–H groups in total. The summed E-state index contributed by atoms with van der Waals surface area (Å²) in [4.78, 5) is 15.9. The number of guanidine groups is 1. The highest BCUT2D eigenvalue weighted by molar-refractivity contribution is 14.0. The summed E-state index contributed by atoms with van der Waals surface area (Å²) in [7, 11) is 1.87. The zero-order valence-electron chi connectivity index (χ0n) is 16.2. The minimum atomic E-state index is 0. The highest BCUT2D eigenvalue weighted by atomic mass is 127. The Morgan fingerprint density at radius 1 is 1.33 bits per heavy atom. The van der Waals surface area contributed by atoms with Gasteiger partial charge in [-0.2, -0.15) is 0 Å². The second kappa shape index (κ2) is 9.07. The maximum Gasteiger partial charge on any atom is 0.194 e. The van der Waals surface area contributed by atoms with Gasteiger partial charge in [-0.25, -0.2) is 9.97 Å². The Hall–Kier alpha value is -1.58. The number of hydrogen-bond donors (Lipinski definition) is 1. The summed E-state index contributed by atoms with van der Waals surface area (Å²) < 4.78 is 4.54. The van der Waals surface area contributed by atoms with E-state index < -0.39 is 0 Å². The van der Waals surface area contributed by atoms with Crippen LogP contribution < -0.4 is 5.32 Å². The van der Waals surface area contributed by atoms with Crippen molar-refractivity contribution in [2.75, 3.05) is 20.1 Å². The van der Waals surface area contributed by atoms with Gasteiger partial charge in [0.2, 0.25) is 0 Å². The summed E-state index contributed by atoms with van der Waals surface area (Å²) >= 11 is 0. The Morgan fingerprint density at radius 3 is 2.96 bits per heavy atom. The number of hydrogen-bond acceptors (Lipinski definition) is 3. The summed E-state index contributed by atoms with van der Waals surface area (Å²) in [5, 5.41) is 3.52. The fourth-order valence-electron chi connectivity index (χ4n) is 4.15. The van der Waals surface area contributed by atoms with Gasteiger partial charge >= 0.3 is 0 Å². The molecule has 0 aliphatic carbocycles. The normalized spacial score (nSPS) is 22.9. The van der Waals surface area contributed by atoms with Gasteiger partial charge in [0.1, 0.15) is 5.82 Å². The van der Waals surface area contributed by atoms with Crippen molar-refractivity contribution < 1.29 is 0 Å². The molecular weight excluding hydrogens is 453 g/mol. The summed E-state index contributed by atoms with van der Waals surface area (Å²) in [5.74, 6) is 2.83. The van der Waals surface area contributed by atoms with Crippen molar-refractivity contribution in [3.8, 4) is 0 Å². The second-order valence-corrected chi connectivity index (χ2v) is 7.49. The molecule has 0 spiro atoms. The van der Waals surface area contributed by atoms with Gasteiger partial charge in [0.15, 0.2) is 5.96 Å². The molecule has 1 fully saturated rings. The van der Waals surface area contributed by atoms with Crippen molar-refractivity contribution in [3.05, 3.63) is 36.4 Å². The molecule has 8 heteroatoms. The number of fused-ring (bicyclic) bond motifs is 1. The number of rotatable bonds is 3. The molecule has 4 rings (SSSR count). The molecule has 7 nitrogen and oxygen atoms in total. The van der Waals surface area contributed by atoms with Crippen molar-refractivity contribution in [2.45, 2.75) is 51.7 Å². The largest absolute Gasteiger partial charge is 0.351 e. The Labute approximate surface area is 178 Å². The Balaban J connectivity index is 0.00000210. The predicted molar refractivity (Wildman–Crippen MR) is 117 cm³/mol. The van der Waals surface area contributed by atoms with Crippen LogP contribution in [0.5, 0.6) is 0 Å². The van der Waals surface area contributed by atoms with Crippen LogP contribution in [0.4, 0.5) is 0 Å². The average molecular weight is 483 g/mol. The van der Waals surface area contributed by atoms with Crippen LogP contribution >= 0.6 is 24.0 Å². The van der Waals surface area contributed by atoms with Crippen LogP contribution in [-0.4, -0.2) is 50.1 Å². The molecule has 0 saturated carbocycles. The zero-order chi connectivity index (χ0) is 17.9. The van der Waals surface area contributed by atoms with E-state index in [1.54, 1.807) is 0 Å². The molecular formula is C19H30IN7. The van der Waals surface area contributed by atoms with Crippen LogP contribution in [0.3, 0.4) is 0 Å². The lowest BCUT2D eigenvalue weighted by Gasteiger charge is -2.39. The first kappa shape index (κ1) is 20.2. The third-order valence-electron chi connectivity index (χ3n) is 5.72. The topological polar surface area (TPSA) is 63.3 Å². The summed E-state index contributed by atoms with van der Waals surface area (Å²) in [5.41, 5.74) is 1.11. The van der Waals surface area contributed by atoms with E-state index in [1.165, 1.54) is 18.7 Å². The Bertz CT molecular complexity index is 729. The van der Waals surface area contributed by atoms with Crippen molar-refractivity contribution in [3.63, 3.8) is 0 Å². The molecule has 2 unspecified atom stereocenters. The second-order valence-electron chi connectivity index (χ2n) is 7.49. The van der Waals surface area contributed by atoms with Gasteiger partial charge in [0.05, 0.1) is 24.6 Å². The van der Waals surface area contributed by atoms with E-state index in [4.69, 9.17) is 4.98 Å². The molecule has 2 atom stereocenters. The number of halogens is 1. The minimum absolute atomic E-state index is 0. The van der Waals surface area contributed by atoms with E-state index in [0.717, 1.165) is 50.7 Å². The number of aromatic nitrogens is 4. The van der Waals surface area contributed by atoms with Gasteiger partial charge < -0.3 is 19.4 Å². The van der Waals surface area contributed by atoms with Crippen LogP contribution in [-0.2, 0) is 19.5 Å². The highest BCUT2D eigenvalue weighted by Crippen LogP contribution is 2.27. The zero-order valence-corrected chi connectivity index (χ0v) is 18.5. The van der Waals surface area contributed by atoms with Crippen LogP contribution in [0, 0.1) is 5.92 Å². The van der Waals surface area contributed by atoms with Crippen LogP contribution in [0.25, 0.3) is 0 Å². The van der Waals surface area contributed by atoms with E-state index in [0.29, 0.717) is 12.0 Å². The number of aryl methyl sites for hydroxylation is 2. The first-order valence-electron chi connectivity index (χ1n) is 9.72. The first-order chi connectivity index (χ1) is 12.7. The van der Waals surface area contributed by atoms with Gasteiger partial charge in [-0.15, -0.1) is 24.0 Å². The molecule has 0 bridgehead atoms. The summed E-state index contributed by atoms with van der Waals surface area (Å²) in [6.45, 7) is 6.15. The third kappa shape index (κ3) is 4.47. The van der Waals surface area contributed by atoms with Crippen molar-refractivity contribution >= 4 is 29.9 Å². The SMILES string of the molecule is CN=C(NCc1cn2c(n1)CCCC2)N1CCC(C)C(n2ccnc2)C1.I. The van der Waals surface area contributed by atoms with Gasteiger partial charge in [0, 0.05) is 51.7 Å². The van der Waals surface area contributed by atoms with Gasteiger partial charge in [-0.1, -0.05) is 6.92 Å². The van der Waals surface area contributed by atoms with E-state index >= 15 is 0 Å². The maximum absolute atomic E-state index is 4.78. The van der Waals surface area contributed by atoms with Gasteiger partial charge in [-0.3, -0.25) is 4.99 Å². The van der Waals surface area contributed by atoms with Crippen molar-refractivity contribution in [1.82, 2.24) is 29.3 Å². The number of nitrogens with one attached hydrogen (secondary N) is 1. The van der Waals surface area contributed by atoms with Gasteiger partial charge in [0.25, 0.3) is 0 Å². The highest BCUT2D eigenvalue weighted by Gasteiger charge is 2.29. The van der Waals surface area contributed by atoms with Crippen molar-refractivity contribution in [1.29, 1.82) is 0 Å². The first-order valence-corrected chi connectivity index (χ1v) is 9.72. The number of imidazole rings is 2. The lowest BCUT2D eigenvalue weighted by Crippen LogP contribution is -2.48. The molecule has 2 aliphatic rings. The molecule has 0 radical (unpaired) electrons. The quantitative estimate of drug-likeness (QED) is 0.415. The predicted octanol–water partition coefficient (Wildman–Crippen LogP) is 2.69. The third-order valence-corrected chi connectivity index (χ3v) is 5.72. The molecule has 148 valence electrons. The van der Waals surface area contributed by atoms with E-state index in [-0.39, 0.29) is 24.0 Å². The lowest BCUT2D eigenvalue weighted by atomic mass is 9.93. The number of likely N-dealkylation sites (tertiary alicyclic amines) is 1. The summed E-state index contributed by atoms with van der Waals surface area (Å²) in [6, 6.07) is 0.435. The van der Waals surface area contributed by atoms with Crippen LogP contribution in [0.1, 0.15) is 43.7 Å². The van der Waals surface area contributed by atoms with Crippen molar-refractivity contribution in [2.24, 2.45) is 10.9 Å². The summed E-state index contributed by atoms with van der Waals surface area (Å²) in [6.07, 6.45) is 12.8. The maximum atomic E-state index is 4.78. The smallest absolute Gasteiger partial charge is 0.194 e. The average Bonchev–Trinajstić information content (AvgIpc) is 3.32. The molecule has 2 aromatic heterocycles. The monoisotopic (exact) mass is 483 g/mol. The molecule has 2 aromatic rings. The number of piperidine rings is 1. The molecule has 0 aromatic carbocycles. The van der Waals surface area contributed by atoms with E-state index in [9.17, 15) is 0 Å². The fraction of sp³-hybridized carbons (Fsp3) is 0.632. The van der Waals surface area contributed by atoms with Crippen LogP contribution in [0.2, 0.25) is 0 Å². The van der Waals surface area contributed by atoms with Crippen LogP contribution in [0.15, 0.2) is 29.9 Å². The lowest BCUT2D eigenvalue weighted by molar-refractivity contribution is 0.189. The fourth-order valence-corrected chi connectivity index (χ4v) is 4.15. The standard InChI is InChI=1S/C19H29N7.HI/c1-15-6-9-25(13-17(15)26-10-7-21-14-26)19(20-2)22-11-16-12-24-8-4-3-5-18(24)23-16;/h7,10,12,14-15,17H,3-6,8-9,11,13H2,1-2H3,(H,20,22);1H. The minimum Gasteiger partial charge on any atom is -0.351 e. The molecule has 4 heterocycles. The van der Waals surface area contributed by atoms with E-state index in [2.05, 4.69) is 48.6 Å². The number of nitrogens with zero attached hydrogens (tertiary/aromatic N) is 6. The molecule has 1 saturated heterocycles. The van der Waals surface area contributed by atoms with Gasteiger partial charge in [-0.05, 0) is 25.2 Å². The Kier molecular flexibility index (Phi) is 6.78. The molecule has 0 amide bonds. The number of aliphatic imine (C=N–C) groups is 1. The Morgan fingerprint density at radius 2 is 2.22 bits per heavy atom. The molecule has 2 aliphatic heterocycles. The van der Waals surface area contributed by atoms with E-state index in [1.807, 2.05) is 19.6 Å².